The molecular formula is C4H6N3O3-. The van der Waals surface area contributed by atoms with Gasteiger partial charge in [-0.15, -0.1) is 0 Å². The van der Waals surface area contributed by atoms with Gasteiger partial charge < -0.3 is 10.4 Å². The third-order valence-corrected chi connectivity index (χ3v) is 1.03. The summed E-state index contributed by atoms with van der Waals surface area (Å²) in [6.45, 7) is 0. The van der Waals surface area contributed by atoms with Crippen molar-refractivity contribution in [3.05, 3.63) is 21.8 Å². The largest absolute Gasteiger partial charge is 0.733 e. The topological polar surface area (TPSA) is 84.3 Å². The minimum absolute atomic E-state index is 0.317. The molecular weight excluding hydrogens is 138 g/mol. The van der Waals surface area contributed by atoms with Crippen molar-refractivity contribution < 1.29 is 5.21 Å². The molecule has 1 rings (SSSR count). The fourth-order valence-corrected chi connectivity index (χ4v) is 0.628. The van der Waals surface area contributed by atoms with Gasteiger partial charge in [0.2, 0.25) is 0 Å². The number of aromatic amines is 1. The van der Waals surface area contributed by atoms with Gasteiger partial charge in [0, 0.05) is 7.05 Å². The highest BCUT2D eigenvalue weighted by Crippen LogP contribution is 1.99. The summed E-state index contributed by atoms with van der Waals surface area (Å²) >= 11 is 0. The first kappa shape index (κ1) is 6.84. The molecule has 1 aromatic heterocycles. The fraction of sp³-hybridized carbons (Fsp3) is 0.250. The molecule has 2 N–H and O–H groups in total. The molecule has 0 aromatic carbocycles. The van der Waals surface area contributed by atoms with Gasteiger partial charge in [0.15, 0.2) is 0 Å². The van der Waals surface area contributed by atoms with Crippen molar-refractivity contribution in [3.8, 4) is 0 Å². The number of aryl methyl sites for hydroxylation is 1. The van der Waals surface area contributed by atoms with E-state index >= 15 is 0 Å². The van der Waals surface area contributed by atoms with Gasteiger partial charge in [0.05, 0.1) is 6.20 Å². The molecule has 0 unspecified atom stereocenters. The second-order valence-corrected chi connectivity index (χ2v) is 1.84. The van der Waals surface area contributed by atoms with Crippen LogP contribution >= 0.6 is 0 Å². The van der Waals surface area contributed by atoms with E-state index in [1.54, 1.807) is 0 Å². The lowest BCUT2D eigenvalue weighted by Crippen LogP contribution is -2.15. The van der Waals surface area contributed by atoms with Crippen molar-refractivity contribution >= 4 is 5.69 Å². The molecule has 0 saturated heterocycles. The second-order valence-electron chi connectivity index (χ2n) is 1.84. The number of aromatic nitrogens is 2. The first-order valence-electron chi connectivity index (χ1n) is 2.53. The molecule has 1 heterocycles. The number of hydrogen-bond donors (Lipinski definition) is 2. The van der Waals surface area contributed by atoms with E-state index in [1.807, 2.05) is 0 Å². The lowest BCUT2D eigenvalue weighted by Gasteiger charge is -2.17. The molecule has 10 heavy (non-hydrogen) atoms. The summed E-state index contributed by atoms with van der Waals surface area (Å²) in [4.78, 5) is 10.6. The van der Waals surface area contributed by atoms with Gasteiger partial charge in [-0.05, 0) is 0 Å². The van der Waals surface area contributed by atoms with E-state index in [0.29, 0.717) is 0 Å². The molecule has 0 amide bonds. The minimum Gasteiger partial charge on any atom is -0.733 e. The molecule has 0 aliphatic rings. The maximum atomic E-state index is 10.6. The lowest BCUT2D eigenvalue weighted by molar-refractivity contribution is 0.296. The summed E-state index contributed by atoms with van der Waals surface area (Å²) < 4.78 is 1.28. The van der Waals surface area contributed by atoms with Crippen LogP contribution in [0.4, 0.5) is 5.69 Å². The number of hydrogen-bond acceptors (Lipinski definition) is 4. The van der Waals surface area contributed by atoms with Crippen molar-refractivity contribution in [2.24, 2.45) is 7.05 Å². The lowest BCUT2D eigenvalue weighted by atomic mass is 10.6. The van der Waals surface area contributed by atoms with Gasteiger partial charge in [-0.1, -0.05) is 0 Å². The van der Waals surface area contributed by atoms with Gasteiger partial charge in [-0.25, -0.2) is 0 Å². The third kappa shape index (κ3) is 1.02. The molecule has 0 fully saturated rings. The normalized spacial score (nSPS) is 9.90. The second kappa shape index (κ2) is 2.16. The van der Waals surface area contributed by atoms with E-state index in [2.05, 4.69) is 5.10 Å². The van der Waals surface area contributed by atoms with Crippen LogP contribution in [0.25, 0.3) is 0 Å². The molecule has 0 atom stereocenters. The highest BCUT2D eigenvalue weighted by atomic mass is 16.8. The molecule has 0 bridgehead atoms. The van der Waals surface area contributed by atoms with Crippen LogP contribution in [0.2, 0.25) is 0 Å². The van der Waals surface area contributed by atoms with E-state index < -0.39 is 10.8 Å². The minimum atomic E-state index is -0.611. The fourth-order valence-electron chi connectivity index (χ4n) is 0.628. The third-order valence-electron chi connectivity index (χ3n) is 1.03. The monoisotopic (exact) mass is 144 g/mol. The summed E-state index contributed by atoms with van der Waals surface area (Å²) in [7, 11) is 1.54. The van der Waals surface area contributed by atoms with Gasteiger partial charge in [0.25, 0.3) is 5.56 Å². The van der Waals surface area contributed by atoms with Crippen molar-refractivity contribution in [2.75, 3.05) is 5.23 Å². The van der Waals surface area contributed by atoms with E-state index in [9.17, 15) is 10.0 Å². The number of nitrogens with one attached hydrogen (secondary N) is 1. The Kier molecular flexibility index (Phi) is 1.48. The summed E-state index contributed by atoms with van der Waals surface area (Å²) in [5.74, 6) is 0. The van der Waals surface area contributed by atoms with Crippen LogP contribution in [0, 0.1) is 5.21 Å². The van der Waals surface area contributed by atoms with Crippen molar-refractivity contribution in [1.29, 1.82) is 0 Å². The zero-order chi connectivity index (χ0) is 7.72. The Hall–Kier alpha value is -1.27. The van der Waals surface area contributed by atoms with Crippen LogP contribution in [0.15, 0.2) is 11.0 Å². The molecule has 6 nitrogen and oxygen atoms in total. The number of anilines is 1. The molecule has 0 aliphatic heterocycles. The van der Waals surface area contributed by atoms with Gasteiger partial charge in [-0.3, -0.25) is 19.8 Å². The smallest absolute Gasteiger partial charge is 0.289 e. The number of rotatable bonds is 1. The van der Waals surface area contributed by atoms with Crippen molar-refractivity contribution in [1.82, 2.24) is 9.78 Å². The van der Waals surface area contributed by atoms with Crippen LogP contribution in [-0.4, -0.2) is 15.0 Å². The van der Waals surface area contributed by atoms with E-state index in [-0.39, 0.29) is 5.69 Å². The van der Waals surface area contributed by atoms with Crippen LogP contribution in [0.1, 0.15) is 0 Å². The molecule has 0 radical (unpaired) electrons. The highest BCUT2D eigenvalue weighted by molar-refractivity contribution is 5.39. The quantitative estimate of drug-likeness (QED) is 0.516. The Morgan fingerprint density at radius 1 is 1.90 bits per heavy atom. The predicted molar refractivity (Wildman–Crippen MR) is 33.7 cm³/mol. The Balaban J connectivity index is 3.16. The summed E-state index contributed by atoms with van der Waals surface area (Å²) in [5.41, 5.74) is -0.928. The van der Waals surface area contributed by atoms with Gasteiger partial charge in [-0.2, -0.15) is 0 Å². The SMILES string of the molecule is Cn1cc(N([O-])O)c(=O)[nH]1. The zero-order valence-corrected chi connectivity index (χ0v) is 5.24. The molecule has 1 aromatic rings. The highest BCUT2D eigenvalue weighted by Gasteiger charge is 2.00. The van der Waals surface area contributed by atoms with Crippen LogP contribution in [0.5, 0.6) is 0 Å². The first-order chi connectivity index (χ1) is 4.61. The van der Waals surface area contributed by atoms with Crippen LogP contribution in [-0.2, 0) is 7.05 Å². The van der Waals surface area contributed by atoms with E-state index in [1.165, 1.54) is 17.9 Å². The van der Waals surface area contributed by atoms with Crippen molar-refractivity contribution in [3.63, 3.8) is 0 Å². The van der Waals surface area contributed by atoms with Crippen LogP contribution < -0.4 is 10.8 Å². The summed E-state index contributed by atoms with van der Waals surface area (Å²) in [5, 5.41) is 20.2. The number of H-pyrrole nitrogens is 1. The Labute approximate surface area is 55.8 Å². The zero-order valence-electron chi connectivity index (χ0n) is 5.24. The summed E-state index contributed by atoms with van der Waals surface area (Å²) in [6, 6.07) is 0. The van der Waals surface area contributed by atoms with Gasteiger partial charge in [0.1, 0.15) is 5.69 Å². The Bertz CT molecular complexity index is 274. The molecule has 0 spiro atoms. The maximum Gasteiger partial charge on any atom is 0.289 e. The Morgan fingerprint density at radius 2 is 2.50 bits per heavy atom. The average Bonchev–Trinajstić information content (AvgIpc) is 2.10. The molecule has 0 saturated carbocycles. The molecule has 6 heteroatoms. The van der Waals surface area contributed by atoms with Crippen molar-refractivity contribution in [2.45, 2.75) is 0 Å². The standard InChI is InChI=1S/C4H6N3O3/c1-6-2-3(7(9)10)4(8)5-6/h2,9H,1H3,(H,5,8)/q-1. The predicted octanol–water partition coefficient (Wildman–Crippen LogP) is -0.593. The van der Waals surface area contributed by atoms with E-state index in [0.717, 1.165) is 0 Å². The molecule has 0 aliphatic carbocycles. The van der Waals surface area contributed by atoms with Crippen LogP contribution in [0.3, 0.4) is 0 Å². The number of nitrogens with zero attached hydrogens (tertiary/aromatic N) is 2. The molecule has 56 valence electrons. The summed E-state index contributed by atoms with van der Waals surface area (Å²) in [6.07, 6.45) is 1.19. The maximum absolute atomic E-state index is 10.6. The average molecular weight is 144 g/mol. The van der Waals surface area contributed by atoms with Gasteiger partial charge >= 0.3 is 0 Å². The van der Waals surface area contributed by atoms with E-state index in [4.69, 9.17) is 5.21 Å². The Morgan fingerprint density at radius 3 is 2.70 bits per heavy atom. The first-order valence-corrected chi connectivity index (χ1v) is 2.53.